The van der Waals surface area contributed by atoms with Crippen LogP contribution in [-0.2, 0) is 13.5 Å². The number of hydrogen-bond donors (Lipinski definition) is 0. The SMILES string of the molecule is C=Nc1nnc(C(CC)CCc2cccs2)n1C. The largest absolute Gasteiger partial charge is 0.298 e. The predicted molar refractivity (Wildman–Crippen MR) is 75.9 cm³/mol. The van der Waals surface area contributed by atoms with Crippen LogP contribution in [0.25, 0.3) is 0 Å². The minimum Gasteiger partial charge on any atom is -0.298 e. The third kappa shape index (κ3) is 2.67. The van der Waals surface area contributed by atoms with Gasteiger partial charge in [0.05, 0.1) is 0 Å². The van der Waals surface area contributed by atoms with E-state index in [-0.39, 0.29) is 0 Å². The molecule has 0 radical (unpaired) electrons. The fourth-order valence-corrected chi connectivity index (χ4v) is 2.84. The highest BCUT2D eigenvalue weighted by atomic mass is 32.1. The monoisotopic (exact) mass is 262 g/mol. The molecule has 2 aromatic rings. The highest BCUT2D eigenvalue weighted by molar-refractivity contribution is 7.09. The van der Waals surface area contributed by atoms with Crippen molar-refractivity contribution in [2.45, 2.75) is 32.1 Å². The second-order valence-electron chi connectivity index (χ2n) is 4.30. The Balaban J connectivity index is 2.08. The molecule has 0 bridgehead atoms. The molecular weight excluding hydrogens is 244 g/mol. The van der Waals surface area contributed by atoms with E-state index in [1.165, 1.54) is 4.88 Å². The van der Waals surface area contributed by atoms with Crippen LogP contribution in [0.5, 0.6) is 0 Å². The summed E-state index contributed by atoms with van der Waals surface area (Å²) in [5, 5.41) is 10.4. The summed E-state index contributed by atoms with van der Waals surface area (Å²) in [5.74, 6) is 2.04. The van der Waals surface area contributed by atoms with Gasteiger partial charge in [-0.2, -0.15) is 0 Å². The van der Waals surface area contributed by atoms with Crippen LogP contribution in [0.2, 0.25) is 0 Å². The first-order valence-corrected chi connectivity index (χ1v) is 7.02. The Kier molecular flexibility index (Phi) is 4.25. The molecule has 5 heteroatoms. The van der Waals surface area contributed by atoms with Gasteiger partial charge >= 0.3 is 0 Å². The van der Waals surface area contributed by atoms with Crippen LogP contribution in [0.15, 0.2) is 22.5 Å². The van der Waals surface area contributed by atoms with Gasteiger partial charge < -0.3 is 0 Å². The Bertz CT molecular complexity index is 501. The van der Waals surface area contributed by atoms with E-state index in [0.29, 0.717) is 11.9 Å². The van der Waals surface area contributed by atoms with Crippen molar-refractivity contribution in [3.63, 3.8) is 0 Å². The van der Waals surface area contributed by atoms with E-state index < -0.39 is 0 Å². The predicted octanol–water partition coefficient (Wildman–Crippen LogP) is 3.34. The van der Waals surface area contributed by atoms with Gasteiger partial charge in [-0.25, -0.2) is 4.99 Å². The maximum atomic E-state index is 4.24. The number of thiophene rings is 1. The average molecular weight is 262 g/mol. The van der Waals surface area contributed by atoms with E-state index in [1.807, 2.05) is 23.0 Å². The first kappa shape index (κ1) is 13.0. The second kappa shape index (κ2) is 5.91. The lowest BCUT2D eigenvalue weighted by atomic mass is 9.99. The third-order valence-corrected chi connectivity index (χ3v) is 4.14. The maximum Gasteiger partial charge on any atom is 0.249 e. The number of aryl methyl sites for hydroxylation is 1. The summed E-state index contributed by atoms with van der Waals surface area (Å²) in [6.45, 7) is 5.69. The van der Waals surface area contributed by atoms with Crippen molar-refractivity contribution in [2.75, 3.05) is 0 Å². The van der Waals surface area contributed by atoms with E-state index >= 15 is 0 Å². The van der Waals surface area contributed by atoms with Gasteiger partial charge in [0.1, 0.15) is 5.82 Å². The van der Waals surface area contributed by atoms with Crippen LogP contribution in [0.3, 0.4) is 0 Å². The molecule has 96 valence electrons. The van der Waals surface area contributed by atoms with Gasteiger partial charge in [-0.3, -0.25) is 4.57 Å². The fraction of sp³-hybridized carbons (Fsp3) is 0.462. The normalized spacial score (nSPS) is 12.6. The zero-order chi connectivity index (χ0) is 13.0. The van der Waals surface area contributed by atoms with Gasteiger partial charge in [-0.05, 0) is 37.4 Å². The molecular formula is C13H18N4S. The smallest absolute Gasteiger partial charge is 0.249 e. The highest BCUT2D eigenvalue weighted by Crippen LogP contribution is 2.26. The first-order valence-electron chi connectivity index (χ1n) is 6.14. The van der Waals surface area contributed by atoms with Crippen LogP contribution in [0.4, 0.5) is 5.95 Å². The van der Waals surface area contributed by atoms with E-state index in [0.717, 1.165) is 25.1 Å². The van der Waals surface area contributed by atoms with Crippen LogP contribution in [-0.4, -0.2) is 21.5 Å². The highest BCUT2D eigenvalue weighted by Gasteiger charge is 2.17. The van der Waals surface area contributed by atoms with Gasteiger partial charge in [0.2, 0.25) is 5.95 Å². The lowest BCUT2D eigenvalue weighted by Gasteiger charge is -2.13. The number of hydrogen-bond acceptors (Lipinski definition) is 4. The summed E-state index contributed by atoms with van der Waals surface area (Å²) >= 11 is 1.81. The fourth-order valence-electron chi connectivity index (χ4n) is 2.11. The molecule has 0 amide bonds. The minimum atomic E-state index is 0.431. The molecule has 1 unspecified atom stereocenters. The van der Waals surface area contributed by atoms with Crippen molar-refractivity contribution in [1.29, 1.82) is 0 Å². The van der Waals surface area contributed by atoms with Crippen LogP contribution in [0.1, 0.15) is 36.4 Å². The number of nitrogens with zero attached hydrogens (tertiary/aromatic N) is 4. The van der Waals surface area contributed by atoms with Gasteiger partial charge in [0.25, 0.3) is 0 Å². The average Bonchev–Trinajstić information content (AvgIpc) is 3.01. The molecule has 2 aromatic heterocycles. The standard InChI is InChI=1S/C13H18N4S/c1-4-10(7-8-11-6-5-9-18-11)12-15-16-13(14-2)17(12)3/h5-6,9-10H,2,4,7-8H2,1,3H3. The van der Waals surface area contributed by atoms with Crippen molar-refractivity contribution < 1.29 is 0 Å². The summed E-state index contributed by atoms with van der Waals surface area (Å²) < 4.78 is 1.94. The Hall–Kier alpha value is -1.49. The Morgan fingerprint density at radius 1 is 1.50 bits per heavy atom. The van der Waals surface area contributed by atoms with Gasteiger partial charge in [-0.15, -0.1) is 21.5 Å². The van der Waals surface area contributed by atoms with E-state index in [2.05, 4.69) is 46.3 Å². The van der Waals surface area contributed by atoms with E-state index in [9.17, 15) is 0 Å². The zero-order valence-electron chi connectivity index (χ0n) is 10.8. The molecule has 0 N–H and O–H groups in total. The number of aliphatic imine (C=N–C) groups is 1. The van der Waals surface area contributed by atoms with E-state index in [4.69, 9.17) is 0 Å². The zero-order valence-corrected chi connectivity index (χ0v) is 11.7. The van der Waals surface area contributed by atoms with Crippen molar-refractivity contribution in [2.24, 2.45) is 12.0 Å². The summed E-state index contributed by atoms with van der Waals surface area (Å²) in [6.07, 6.45) is 3.26. The number of rotatable bonds is 6. The summed E-state index contributed by atoms with van der Waals surface area (Å²) in [6, 6.07) is 4.29. The van der Waals surface area contributed by atoms with Crippen LogP contribution in [0, 0.1) is 0 Å². The molecule has 1 atom stereocenters. The Morgan fingerprint density at radius 2 is 2.33 bits per heavy atom. The van der Waals surface area contributed by atoms with Crippen molar-refractivity contribution in [3.05, 3.63) is 28.2 Å². The van der Waals surface area contributed by atoms with E-state index in [1.54, 1.807) is 0 Å². The lowest BCUT2D eigenvalue weighted by Crippen LogP contribution is -2.06. The Labute approximate surface area is 111 Å². The quantitative estimate of drug-likeness (QED) is 0.749. The molecule has 0 aliphatic rings. The Morgan fingerprint density at radius 3 is 2.89 bits per heavy atom. The molecule has 2 rings (SSSR count). The van der Waals surface area contributed by atoms with Gasteiger partial charge in [0.15, 0.2) is 0 Å². The summed E-state index contributed by atoms with van der Waals surface area (Å²) in [4.78, 5) is 5.29. The molecule has 0 aliphatic heterocycles. The second-order valence-corrected chi connectivity index (χ2v) is 5.33. The molecule has 0 spiro atoms. The molecule has 0 aliphatic carbocycles. The molecule has 0 saturated heterocycles. The van der Waals surface area contributed by atoms with Crippen molar-refractivity contribution in [3.8, 4) is 0 Å². The lowest BCUT2D eigenvalue weighted by molar-refractivity contribution is 0.553. The first-order chi connectivity index (χ1) is 8.76. The third-order valence-electron chi connectivity index (χ3n) is 3.20. The molecule has 2 heterocycles. The number of aromatic nitrogens is 3. The summed E-state index contributed by atoms with van der Waals surface area (Å²) in [5.41, 5.74) is 0. The maximum absolute atomic E-state index is 4.24. The molecule has 0 saturated carbocycles. The molecule has 0 aromatic carbocycles. The topological polar surface area (TPSA) is 43.1 Å². The van der Waals surface area contributed by atoms with Crippen LogP contribution >= 0.6 is 11.3 Å². The van der Waals surface area contributed by atoms with Gasteiger partial charge in [-0.1, -0.05) is 13.0 Å². The van der Waals surface area contributed by atoms with Crippen molar-refractivity contribution >= 4 is 24.0 Å². The molecule has 18 heavy (non-hydrogen) atoms. The van der Waals surface area contributed by atoms with Gasteiger partial charge in [0, 0.05) is 17.8 Å². The molecule has 4 nitrogen and oxygen atoms in total. The minimum absolute atomic E-state index is 0.431. The summed E-state index contributed by atoms with van der Waals surface area (Å²) in [7, 11) is 1.95. The van der Waals surface area contributed by atoms with Crippen molar-refractivity contribution in [1.82, 2.24) is 14.8 Å². The molecule has 0 fully saturated rings. The van der Waals surface area contributed by atoms with Crippen LogP contribution < -0.4 is 0 Å².